The molecule has 1 saturated heterocycles. The Kier molecular flexibility index (Phi) is 4.25. The molecule has 1 unspecified atom stereocenters. The van der Waals surface area contributed by atoms with Crippen LogP contribution in [-0.4, -0.2) is 34.2 Å². The van der Waals surface area contributed by atoms with Gasteiger partial charge >= 0.3 is 6.18 Å². The Hall–Kier alpha value is -2.74. The number of aromatic nitrogens is 1. The van der Waals surface area contributed by atoms with E-state index in [-0.39, 0.29) is 11.0 Å². The van der Waals surface area contributed by atoms with Crippen molar-refractivity contribution in [1.82, 2.24) is 4.98 Å². The SMILES string of the molecule is Cc1cc(C(F)(F)F)cc(O)c1-c1ccc2c(n1)=N/[N+](=C\C1CCOCC13CC3)C=2. The van der Waals surface area contributed by atoms with Crippen molar-refractivity contribution in [3.05, 3.63) is 46.1 Å². The number of fused-ring (bicyclic) bond motifs is 1. The van der Waals surface area contributed by atoms with Gasteiger partial charge in [-0.1, -0.05) is 4.68 Å². The minimum atomic E-state index is -4.52. The van der Waals surface area contributed by atoms with E-state index in [0.717, 1.165) is 37.0 Å². The smallest absolute Gasteiger partial charge is 0.416 e. The van der Waals surface area contributed by atoms with Gasteiger partial charge in [0.15, 0.2) is 6.21 Å². The molecule has 0 amide bonds. The fourth-order valence-corrected chi connectivity index (χ4v) is 4.39. The molecule has 30 heavy (non-hydrogen) atoms. The Morgan fingerprint density at radius 1 is 1.27 bits per heavy atom. The maximum absolute atomic E-state index is 13.0. The van der Waals surface area contributed by atoms with Crippen molar-refractivity contribution in [3.8, 4) is 17.0 Å². The van der Waals surface area contributed by atoms with Crippen molar-refractivity contribution < 1.29 is 27.7 Å². The van der Waals surface area contributed by atoms with Crippen LogP contribution in [0.1, 0.15) is 30.4 Å². The van der Waals surface area contributed by atoms with Gasteiger partial charge in [0.25, 0.3) is 0 Å². The molecule has 1 atom stereocenters. The van der Waals surface area contributed by atoms with Crippen molar-refractivity contribution in [2.24, 2.45) is 16.4 Å². The lowest BCUT2D eigenvalue weighted by atomic mass is 9.86. The lowest BCUT2D eigenvalue weighted by Gasteiger charge is -2.26. The molecule has 3 heterocycles. The third kappa shape index (κ3) is 3.29. The van der Waals surface area contributed by atoms with Crippen LogP contribution in [0.15, 0.2) is 29.4 Å². The summed E-state index contributed by atoms with van der Waals surface area (Å²) >= 11 is 0. The van der Waals surface area contributed by atoms with Crippen molar-refractivity contribution in [1.29, 1.82) is 0 Å². The van der Waals surface area contributed by atoms with Gasteiger partial charge < -0.3 is 9.84 Å². The lowest BCUT2D eigenvalue weighted by molar-refractivity contribution is -0.425. The summed E-state index contributed by atoms with van der Waals surface area (Å²) in [4.78, 5) is 4.51. The molecule has 8 heteroatoms. The zero-order chi connectivity index (χ0) is 21.1. The van der Waals surface area contributed by atoms with E-state index in [9.17, 15) is 18.3 Å². The Bertz CT molecular complexity index is 1160. The van der Waals surface area contributed by atoms with E-state index < -0.39 is 17.5 Å². The molecule has 3 aliphatic rings. The van der Waals surface area contributed by atoms with Gasteiger partial charge in [-0.05, 0) is 56.0 Å². The minimum absolute atomic E-state index is 0.248. The van der Waals surface area contributed by atoms with Crippen molar-refractivity contribution in [2.45, 2.75) is 32.4 Å². The van der Waals surface area contributed by atoms with Crippen LogP contribution in [0.2, 0.25) is 0 Å². The Labute approximate surface area is 170 Å². The molecule has 0 bridgehead atoms. The van der Waals surface area contributed by atoms with Gasteiger partial charge in [0.1, 0.15) is 5.75 Å². The van der Waals surface area contributed by atoms with E-state index in [1.807, 2.05) is 12.3 Å². The average molecular weight is 416 g/mol. The summed E-state index contributed by atoms with van der Waals surface area (Å²) in [7, 11) is 0. The van der Waals surface area contributed by atoms with Crippen molar-refractivity contribution in [2.75, 3.05) is 13.2 Å². The maximum atomic E-state index is 13.0. The highest BCUT2D eigenvalue weighted by molar-refractivity contribution is 5.71. The van der Waals surface area contributed by atoms with Crippen LogP contribution in [0.5, 0.6) is 5.75 Å². The molecule has 0 radical (unpaired) electrons. The lowest BCUT2D eigenvalue weighted by Crippen LogP contribution is -2.31. The molecule has 5 nitrogen and oxygen atoms in total. The first-order chi connectivity index (χ1) is 14.2. The number of phenolic OH excluding ortho intramolecular Hbond substituents is 1. The van der Waals surface area contributed by atoms with Gasteiger partial charge in [-0.25, -0.2) is 4.98 Å². The van der Waals surface area contributed by atoms with Crippen LogP contribution in [0.4, 0.5) is 13.2 Å². The molecule has 1 N–H and O–H groups in total. The van der Waals surface area contributed by atoms with E-state index in [0.29, 0.717) is 22.7 Å². The van der Waals surface area contributed by atoms with E-state index in [4.69, 9.17) is 4.74 Å². The summed E-state index contributed by atoms with van der Waals surface area (Å²) in [6.07, 6.45) is 2.81. The highest BCUT2D eigenvalue weighted by Gasteiger charge is 2.52. The highest BCUT2D eigenvalue weighted by atomic mass is 19.4. The Balaban J connectivity index is 1.50. The van der Waals surface area contributed by atoms with E-state index >= 15 is 0 Å². The first-order valence-corrected chi connectivity index (χ1v) is 9.95. The van der Waals surface area contributed by atoms with Crippen LogP contribution >= 0.6 is 0 Å². The van der Waals surface area contributed by atoms with Crippen LogP contribution < -0.4 is 10.7 Å². The largest absolute Gasteiger partial charge is 0.507 e. The zero-order valence-electron chi connectivity index (χ0n) is 16.4. The van der Waals surface area contributed by atoms with Gasteiger partial charge in [0.05, 0.1) is 23.1 Å². The quantitative estimate of drug-likeness (QED) is 0.766. The number of aryl methyl sites for hydroxylation is 1. The second-order valence-corrected chi connectivity index (χ2v) is 8.36. The number of benzene rings is 1. The van der Waals surface area contributed by atoms with Gasteiger partial charge in [0, 0.05) is 28.6 Å². The summed E-state index contributed by atoms with van der Waals surface area (Å²) in [5.41, 5.74) is 0.827. The van der Waals surface area contributed by atoms with Crippen LogP contribution in [0.25, 0.3) is 17.5 Å². The van der Waals surface area contributed by atoms with Gasteiger partial charge in [-0.3, -0.25) is 0 Å². The van der Waals surface area contributed by atoms with E-state index in [2.05, 4.69) is 16.3 Å². The van der Waals surface area contributed by atoms with Crippen molar-refractivity contribution >= 4 is 12.4 Å². The monoisotopic (exact) mass is 416 g/mol. The molecule has 2 fully saturated rings. The topological polar surface area (TPSA) is 57.7 Å². The normalized spacial score (nSPS) is 23.2. The van der Waals surface area contributed by atoms with Crippen LogP contribution in [0, 0.1) is 18.3 Å². The number of pyridine rings is 1. The summed E-state index contributed by atoms with van der Waals surface area (Å²) in [5, 5.41) is 15.6. The summed E-state index contributed by atoms with van der Waals surface area (Å²) in [6.45, 7) is 3.07. The molecule has 1 aromatic carbocycles. The fraction of sp³-hybridized carbons (Fsp3) is 0.409. The fourth-order valence-electron chi connectivity index (χ4n) is 4.39. The van der Waals surface area contributed by atoms with Crippen LogP contribution in [-0.2, 0) is 10.9 Å². The van der Waals surface area contributed by atoms with Gasteiger partial charge in [-0.2, -0.15) is 13.2 Å². The predicted octanol–water partition coefficient (Wildman–Crippen LogP) is 2.97. The third-order valence-electron chi connectivity index (χ3n) is 6.26. The third-order valence-corrected chi connectivity index (χ3v) is 6.26. The number of halogens is 3. The second kappa shape index (κ2) is 6.63. The number of aromatic hydroxyl groups is 1. The molecule has 156 valence electrons. The molecule has 1 aromatic heterocycles. The number of hydrogen-bond acceptors (Lipinski definition) is 4. The number of ether oxygens (including phenoxy) is 1. The number of phenols is 1. The zero-order valence-corrected chi connectivity index (χ0v) is 16.4. The van der Waals surface area contributed by atoms with Gasteiger partial charge in [-0.15, -0.1) is 0 Å². The summed E-state index contributed by atoms with van der Waals surface area (Å²) in [6, 6.07) is 5.28. The van der Waals surface area contributed by atoms with Gasteiger partial charge in [0.2, 0.25) is 11.7 Å². The maximum Gasteiger partial charge on any atom is 0.416 e. The molecule has 2 aliphatic heterocycles. The molecular formula is C22H21F3N3O2+. The number of hydrogen-bond donors (Lipinski definition) is 1. The highest BCUT2D eigenvalue weighted by Crippen LogP contribution is 2.54. The first-order valence-electron chi connectivity index (χ1n) is 9.95. The van der Waals surface area contributed by atoms with E-state index in [1.54, 1.807) is 10.8 Å². The molecule has 1 aliphatic carbocycles. The number of alkyl halides is 3. The standard InChI is InChI=1S/C22H20F3N3O2/c1-13-8-16(22(23,24)25)9-18(29)19(13)17-3-2-14-10-28(27-20(14)26-17)11-15-4-7-30-12-21(15)5-6-21/h2-3,8-11,15H,4-7,12H2,1H3/p+1/b28-11-. The van der Waals surface area contributed by atoms with Crippen LogP contribution in [0.3, 0.4) is 0 Å². The second-order valence-electron chi connectivity index (χ2n) is 8.36. The minimum Gasteiger partial charge on any atom is -0.507 e. The summed E-state index contributed by atoms with van der Waals surface area (Å²) in [5.74, 6) is -0.0423. The van der Waals surface area contributed by atoms with E-state index in [1.165, 1.54) is 19.8 Å². The molecule has 1 saturated carbocycles. The Morgan fingerprint density at radius 3 is 2.77 bits per heavy atom. The number of rotatable bonds is 2. The number of nitrogens with zero attached hydrogens (tertiary/aromatic N) is 3. The van der Waals surface area contributed by atoms with Crippen molar-refractivity contribution in [3.63, 3.8) is 0 Å². The molecule has 2 aromatic rings. The Morgan fingerprint density at radius 2 is 2.07 bits per heavy atom. The molecule has 1 spiro atoms. The predicted molar refractivity (Wildman–Crippen MR) is 103 cm³/mol. The summed E-state index contributed by atoms with van der Waals surface area (Å²) < 4.78 is 46.4. The molecular weight excluding hydrogens is 395 g/mol. The first kappa shape index (κ1) is 19.2. The molecule has 5 rings (SSSR count). The average Bonchev–Trinajstić information content (AvgIpc) is 3.32.